The zero-order valence-corrected chi connectivity index (χ0v) is 11.0. The Labute approximate surface area is 114 Å². The monoisotopic (exact) mass is 285 g/mol. The van der Waals surface area contributed by atoms with Crippen molar-refractivity contribution >= 4 is 28.9 Å². The quantitative estimate of drug-likeness (QED) is 0.863. The highest BCUT2D eigenvalue weighted by atomic mass is 35.5. The van der Waals surface area contributed by atoms with Crippen molar-refractivity contribution in [2.75, 3.05) is 5.32 Å². The molecule has 1 N–H and O–H groups in total. The summed E-state index contributed by atoms with van der Waals surface area (Å²) in [6.07, 6.45) is 4.69. The number of aromatic nitrogens is 2. The van der Waals surface area contributed by atoms with Gasteiger partial charge in [0, 0.05) is 5.02 Å². The largest absolute Gasteiger partial charge is 0.376 e. The van der Waals surface area contributed by atoms with Crippen LogP contribution in [0.15, 0.2) is 30.9 Å². The van der Waals surface area contributed by atoms with E-state index in [-0.39, 0.29) is 11.1 Å². The number of nitrogens with zero attached hydrogens (tertiary/aromatic N) is 2. The molecule has 18 heavy (non-hydrogen) atoms. The molecule has 1 aromatic carbocycles. The summed E-state index contributed by atoms with van der Waals surface area (Å²) in [4.78, 5) is 7.77. The van der Waals surface area contributed by atoms with Crippen LogP contribution in [0.2, 0.25) is 10.0 Å². The summed E-state index contributed by atoms with van der Waals surface area (Å²) in [5.74, 6) is -0.492. The topological polar surface area (TPSA) is 37.8 Å². The molecule has 1 atom stereocenters. The minimum absolute atomic E-state index is 0.0130. The number of hydrogen-bond donors (Lipinski definition) is 1. The fraction of sp³-hybridized carbons (Fsp3) is 0.167. The molecule has 1 heterocycles. The van der Waals surface area contributed by atoms with Crippen molar-refractivity contribution in [1.29, 1.82) is 0 Å². The molecular weight excluding hydrogens is 276 g/mol. The van der Waals surface area contributed by atoms with E-state index in [0.717, 1.165) is 5.69 Å². The van der Waals surface area contributed by atoms with Crippen molar-refractivity contribution in [2.24, 2.45) is 0 Å². The summed E-state index contributed by atoms with van der Waals surface area (Å²) in [7, 11) is 0. The Hall–Kier alpha value is -1.39. The second kappa shape index (κ2) is 5.50. The van der Waals surface area contributed by atoms with Crippen LogP contribution in [-0.2, 0) is 0 Å². The minimum Gasteiger partial charge on any atom is -0.376 e. The van der Waals surface area contributed by atoms with E-state index in [1.165, 1.54) is 18.5 Å². The van der Waals surface area contributed by atoms with E-state index in [9.17, 15) is 4.39 Å². The molecule has 0 aliphatic rings. The smallest absolute Gasteiger partial charge is 0.142 e. The van der Waals surface area contributed by atoms with Gasteiger partial charge in [0.1, 0.15) is 12.1 Å². The fourth-order valence-corrected chi connectivity index (χ4v) is 2.12. The van der Waals surface area contributed by atoms with Crippen LogP contribution in [0.1, 0.15) is 18.5 Å². The number of anilines is 1. The Morgan fingerprint density at radius 1 is 1.17 bits per heavy atom. The van der Waals surface area contributed by atoms with Crippen LogP contribution in [0.4, 0.5) is 10.1 Å². The van der Waals surface area contributed by atoms with Gasteiger partial charge in [0.15, 0.2) is 0 Å². The molecule has 0 radical (unpaired) electrons. The van der Waals surface area contributed by atoms with Crippen molar-refractivity contribution in [3.05, 3.63) is 52.3 Å². The van der Waals surface area contributed by atoms with E-state index in [1.54, 1.807) is 12.4 Å². The first-order valence-electron chi connectivity index (χ1n) is 5.24. The summed E-state index contributed by atoms with van der Waals surface area (Å²) in [5.41, 5.74) is 1.36. The van der Waals surface area contributed by atoms with E-state index in [0.29, 0.717) is 10.6 Å². The Morgan fingerprint density at radius 3 is 2.50 bits per heavy atom. The molecule has 0 spiro atoms. The fourth-order valence-electron chi connectivity index (χ4n) is 1.57. The third-order valence-corrected chi connectivity index (χ3v) is 3.07. The van der Waals surface area contributed by atoms with Crippen LogP contribution >= 0.6 is 23.2 Å². The maximum absolute atomic E-state index is 13.4. The van der Waals surface area contributed by atoms with Crippen molar-refractivity contribution in [3.8, 4) is 0 Å². The van der Waals surface area contributed by atoms with E-state index < -0.39 is 5.82 Å². The lowest BCUT2D eigenvalue weighted by Gasteiger charge is -2.16. The normalized spacial score (nSPS) is 12.2. The van der Waals surface area contributed by atoms with E-state index >= 15 is 0 Å². The van der Waals surface area contributed by atoms with Crippen LogP contribution < -0.4 is 5.32 Å². The molecular formula is C12H10Cl2FN3. The van der Waals surface area contributed by atoms with Crippen molar-refractivity contribution in [2.45, 2.75) is 13.0 Å². The number of benzene rings is 1. The molecule has 1 aromatic heterocycles. The molecule has 1 unspecified atom stereocenters. The number of hydrogen-bond acceptors (Lipinski definition) is 3. The molecule has 0 aliphatic carbocycles. The van der Waals surface area contributed by atoms with Gasteiger partial charge in [-0.15, -0.1) is 0 Å². The van der Waals surface area contributed by atoms with Crippen LogP contribution in [0.25, 0.3) is 0 Å². The van der Waals surface area contributed by atoms with Crippen molar-refractivity contribution in [1.82, 2.24) is 9.97 Å². The summed E-state index contributed by atoms with van der Waals surface area (Å²) < 4.78 is 13.4. The molecule has 2 aromatic rings. The van der Waals surface area contributed by atoms with Gasteiger partial charge in [-0.2, -0.15) is 0 Å². The SMILES string of the molecule is CC(Nc1cncnc1)c1cc(F)c(Cl)cc1Cl. The third kappa shape index (κ3) is 2.89. The second-order valence-electron chi connectivity index (χ2n) is 3.78. The maximum atomic E-state index is 13.4. The Kier molecular flexibility index (Phi) is 3.99. The van der Waals surface area contributed by atoms with Gasteiger partial charge in [-0.1, -0.05) is 23.2 Å². The molecule has 94 valence electrons. The lowest BCUT2D eigenvalue weighted by atomic mass is 10.1. The standard InChI is InChI=1S/C12H10Cl2FN3/c1-7(18-8-4-16-6-17-5-8)9-2-12(15)11(14)3-10(9)13/h2-7,18H,1H3. The number of nitrogens with one attached hydrogen (secondary N) is 1. The van der Waals surface area contributed by atoms with Gasteiger partial charge < -0.3 is 5.32 Å². The summed E-state index contributed by atoms with van der Waals surface area (Å²) >= 11 is 11.7. The molecule has 6 heteroatoms. The van der Waals surface area contributed by atoms with Crippen LogP contribution in [-0.4, -0.2) is 9.97 Å². The summed E-state index contributed by atoms with van der Waals surface area (Å²) in [6, 6.07) is 2.54. The Bertz CT molecular complexity index is 549. The van der Waals surface area contributed by atoms with Crippen LogP contribution in [0.3, 0.4) is 0 Å². The molecule has 0 bridgehead atoms. The van der Waals surface area contributed by atoms with Gasteiger partial charge in [-0.25, -0.2) is 14.4 Å². The second-order valence-corrected chi connectivity index (χ2v) is 4.60. The molecule has 3 nitrogen and oxygen atoms in total. The van der Waals surface area contributed by atoms with Gasteiger partial charge in [0.25, 0.3) is 0 Å². The highest BCUT2D eigenvalue weighted by molar-refractivity contribution is 6.35. The Balaban J connectivity index is 2.24. The molecule has 0 aliphatic heterocycles. The first kappa shape index (κ1) is 13.1. The zero-order chi connectivity index (χ0) is 13.1. The van der Waals surface area contributed by atoms with Crippen LogP contribution in [0, 0.1) is 5.82 Å². The summed E-state index contributed by atoms with van der Waals surface area (Å²) in [5, 5.41) is 3.55. The molecule has 0 saturated heterocycles. The maximum Gasteiger partial charge on any atom is 0.142 e. The zero-order valence-electron chi connectivity index (χ0n) is 9.49. The highest BCUT2D eigenvalue weighted by Gasteiger charge is 2.13. The minimum atomic E-state index is -0.492. The summed E-state index contributed by atoms with van der Waals surface area (Å²) in [6.45, 7) is 1.86. The predicted octanol–water partition coefficient (Wildman–Crippen LogP) is 4.10. The third-order valence-electron chi connectivity index (χ3n) is 2.45. The molecule has 0 fully saturated rings. The van der Waals surface area contributed by atoms with Crippen LogP contribution in [0.5, 0.6) is 0 Å². The predicted molar refractivity (Wildman–Crippen MR) is 70.5 cm³/mol. The average molecular weight is 286 g/mol. The average Bonchev–Trinajstić information content (AvgIpc) is 2.35. The van der Waals surface area contributed by atoms with Gasteiger partial charge in [-0.3, -0.25) is 0 Å². The van der Waals surface area contributed by atoms with Gasteiger partial charge in [0.05, 0.1) is 29.1 Å². The van der Waals surface area contributed by atoms with Gasteiger partial charge >= 0.3 is 0 Å². The lowest BCUT2D eigenvalue weighted by molar-refractivity contribution is 0.624. The van der Waals surface area contributed by atoms with Crippen molar-refractivity contribution < 1.29 is 4.39 Å². The number of rotatable bonds is 3. The van der Waals surface area contributed by atoms with E-state index in [1.807, 2.05) is 6.92 Å². The van der Waals surface area contributed by atoms with Gasteiger partial charge in [-0.05, 0) is 24.6 Å². The highest BCUT2D eigenvalue weighted by Crippen LogP contribution is 2.30. The number of halogens is 3. The first-order valence-corrected chi connectivity index (χ1v) is 5.99. The molecule has 2 rings (SSSR count). The van der Waals surface area contributed by atoms with Gasteiger partial charge in [0.2, 0.25) is 0 Å². The first-order chi connectivity index (χ1) is 8.58. The van der Waals surface area contributed by atoms with Crippen molar-refractivity contribution in [3.63, 3.8) is 0 Å². The molecule has 0 saturated carbocycles. The lowest BCUT2D eigenvalue weighted by Crippen LogP contribution is -2.08. The van der Waals surface area contributed by atoms with E-state index in [2.05, 4.69) is 15.3 Å². The Morgan fingerprint density at radius 2 is 1.83 bits per heavy atom. The molecule has 0 amide bonds. The van der Waals surface area contributed by atoms with E-state index in [4.69, 9.17) is 23.2 Å².